The van der Waals surface area contributed by atoms with Crippen LogP contribution < -0.4 is 10.5 Å². The van der Waals surface area contributed by atoms with Gasteiger partial charge in [-0.05, 0) is 32.0 Å². The minimum atomic E-state index is -0.419. The number of nitrogen functional groups attached to an aromatic ring is 1. The van der Waals surface area contributed by atoms with Crippen LogP contribution in [0, 0.1) is 6.92 Å². The minimum absolute atomic E-state index is 0.165. The fourth-order valence-electron chi connectivity index (χ4n) is 2.39. The number of esters is 1. The first kappa shape index (κ1) is 15.8. The van der Waals surface area contributed by atoms with Crippen molar-refractivity contribution >= 4 is 22.7 Å². The summed E-state index contributed by atoms with van der Waals surface area (Å²) in [6.07, 6.45) is 0. The van der Waals surface area contributed by atoms with Gasteiger partial charge in [-0.25, -0.2) is 9.78 Å². The Morgan fingerprint density at radius 3 is 2.83 bits per heavy atom. The number of aromatic nitrogens is 3. The summed E-state index contributed by atoms with van der Waals surface area (Å²) in [6, 6.07) is 11.0. The monoisotopic (exact) mass is 326 g/mol. The smallest absolute Gasteiger partial charge is 0.344 e. The SMILES string of the molecule is CCOC(=O)COc1cccc2ccc(-n3nc(C)cc3N)nc12. The molecule has 0 saturated carbocycles. The van der Waals surface area contributed by atoms with Crippen LogP contribution in [0.4, 0.5) is 5.82 Å². The number of hydrogen-bond donors (Lipinski definition) is 1. The maximum absolute atomic E-state index is 11.5. The number of anilines is 1. The maximum Gasteiger partial charge on any atom is 0.344 e. The average molecular weight is 326 g/mol. The Morgan fingerprint density at radius 2 is 2.12 bits per heavy atom. The van der Waals surface area contributed by atoms with E-state index in [9.17, 15) is 4.79 Å². The Hall–Kier alpha value is -3.09. The molecule has 3 aromatic rings. The Balaban J connectivity index is 1.97. The number of rotatable bonds is 5. The van der Waals surface area contributed by atoms with Crippen molar-refractivity contribution in [1.82, 2.24) is 14.8 Å². The molecule has 7 heteroatoms. The van der Waals surface area contributed by atoms with Gasteiger partial charge in [-0.2, -0.15) is 9.78 Å². The molecule has 0 saturated heterocycles. The minimum Gasteiger partial charge on any atom is -0.480 e. The summed E-state index contributed by atoms with van der Waals surface area (Å²) in [5, 5.41) is 5.22. The number of pyridine rings is 1. The molecule has 0 unspecified atom stereocenters. The molecule has 0 radical (unpaired) electrons. The number of carbonyl (C=O) groups is 1. The Labute approximate surface area is 139 Å². The normalized spacial score (nSPS) is 10.8. The van der Waals surface area contributed by atoms with E-state index in [2.05, 4.69) is 10.1 Å². The molecular formula is C17H18N4O3. The van der Waals surface area contributed by atoms with E-state index >= 15 is 0 Å². The van der Waals surface area contributed by atoms with Gasteiger partial charge in [0.2, 0.25) is 0 Å². The van der Waals surface area contributed by atoms with Gasteiger partial charge in [0.05, 0.1) is 12.3 Å². The van der Waals surface area contributed by atoms with Gasteiger partial charge in [0.15, 0.2) is 12.4 Å². The summed E-state index contributed by atoms with van der Waals surface area (Å²) in [5.74, 6) is 1.17. The summed E-state index contributed by atoms with van der Waals surface area (Å²) in [4.78, 5) is 16.1. The van der Waals surface area contributed by atoms with Crippen molar-refractivity contribution in [3.63, 3.8) is 0 Å². The Morgan fingerprint density at radius 1 is 1.29 bits per heavy atom. The summed E-state index contributed by atoms with van der Waals surface area (Å²) in [6.45, 7) is 3.77. The molecule has 0 aliphatic heterocycles. The van der Waals surface area contributed by atoms with Crippen LogP contribution in [0.1, 0.15) is 12.6 Å². The molecule has 24 heavy (non-hydrogen) atoms. The number of fused-ring (bicyclic) bond motifs is 1. The van der Waals surface area contributed by atoms with Crippen molar-refractivity contribution in [2.75, 3.05) is 18.9 Å². The van der Waals surface area contributed by atoms with E-state index in [0.717, 1.165) is 11.1 Å². The molecule has 0 aliphatic carbocycles. The van der Waals surface area contributed by atoms with E-state index in [-0.39, 0.29) is 6.61 Å². The number of benzene rings is 1. The van der Waals surface area contributed by atoms with Crippen molar-refractivity contribution in [2.45, 2.75) is 13.8 Å². The van der Waals surface area contributed by atoms with E-state index < -0.39 is 5.97 Å². The molecule has 124 valence electrons. The third-order valence-electron chi connectivity index (χ3n) is 3.40. The van der Waals surface area contributed by atoms with Crippen LogP contribution in [0.15, 0.2) is 36.4 Å². The molecule has 0 spiro atoms. The summed E-state index contributed by atoms with van der Waals surface area (Å²) in [7, 11) is 0. The predicted octanol–water partition coefficient (Wildman–Crippen LogP) is 2.25. The molecule has 2 N–H and O–H groups in total. The lowest BCUT2D eigenvalue weighted by Crippen LogP contribution is -2.14. The van der Waals surface area contributed by atoms with Gasteiger partial charge in [0.25, 0.3) is 0 Å². The van der Waals surface area contributed by atoms with Gasteiger partial charge in [-0.3, -0.25) is 0 Å². The number of nitrogens with zero attached hydrogens (tertiary/aromatic N) is 3. The first-order chi connectivity index (χ1) is 11.6. The molecule has 0 aliphatic rings. The predicted molar refractivity (Wildman–Crippen MR) is 90.1 cm³/mol. The fourth-order valence-corrected chi connectivity index (χ4v) is 2.39. The first-order valence-corrected chi connectivity index (χ1v) is 7.59. The van der Waals surface area contributed by atoms with Crippen LogP contribution in [-0.4, -0.2) is 33.9 Å². The summed E-state index contributed by atoms with van der Waals surface area (Å²) < 4.78 is 12.0. The zero-order valence-electron chi connectivity index (χ0n) is 13.5. The van der Waals surface area contributed by atoms with Crippen molar-refractivity contribution in [3.8, 4) is 11.6 Å². The van der Waals surface area contributed by atoms with Gasteiger partial charge >= 0.3 is 5.97 Å². The third-order valence-corrected chi connectivity index (χ3v) is 3.40. The molecular weight excluding hydrogens is 308 g/mol. The van der Waals surface area contributed by atoms with Gasteiger partial charge in [0.1, 0.15) is 17.1 Å². The molecule has 7 nitrogen and oxygen atoms in total. The molecule has 0 amide bonds. The number of aryl methyl sites for hydroxylation is 1. The van der Waals surface area contributed by atoms with Crippen molar-refractivity contribution in [3.05, 3.63) is 42.1 Å². The van der Waals surface area contributed by atoms with E-state index in [1.54, 1.807) is 23.7 Å². The topological polar surface area (TPSA) is 92.3 Å². The maximum atomic E-state index is 11.5. The van der Waals surface area contributed by atoms with Crippen molar-refractivity contribution in [2.24, 2.45) is 0 Å². The Kier molecular flexibility index (Phi) is 4.33. The van der Waals surface area contributed by atoms with Crippen LogP contribution >= 0.6 is 0 Å². The van der Waals surface area contributed by atoms with Crippen LogP contribution in [0.5, 0.6) is 5.75 Å². The molecule has 0 bridgehead atoms. The highest BCUT2D eigenvalue weighted by Crippen LogP contribution is 2.25. The molecule has 0 fully saturated rings. The van der Waals surface area contributed by atoms with E-state index in [0.29, 0.717) is 29.5 Å². The standard InChI is InChI=1S/C17H18N4O3/c1-3-23-16(22)10-24-13-6-4-5-12-7-8-15(19-17(12)13)21-14(18)9-11(2)20-21/h4-9H,3,10,18H2,1-2H3. The second kappa shape index (κ2) is 6.57. The molecule has 2 heterocycles. The summed E-state index contributed by atoms with van der Waals surface area (Å²) in [5.41, 5.74) is 7.39. The fraction of sp³-hybridized carbons (Fsp3) is 0.235. The highest BCUT2D eigenvalue weighted by Gasteiger charge is 2.11. The van der Waals surface area contributed by atoms with Crippen LogP contribution in [-0.2, 0) is 9.53 Å². The zero-order chi connectivity index (χ0) is 17.1. The number of hydrogen-bond acceptors (Lipinski definition) is 6. The molecule has 1 aromatic carbocycles. The van der Waals surface area contributed by atoms with E-state index in [4.69, 9.17) is 15.2 Å². The zero-order valence-corrected chi connectivity index (χ0v) is 13.5. The average Bonchev–Trinajstić information content (AvgIpc) is 2.91. The summed E-state index contributed by atoms with van der Waals surface area (Å²) >= 11 is 0. The highest BCUT2D eigenvalue weighted by atomic mass is 16.6. The van der Waals surface area contributed by atoms with Gasteiger partial charge in [0, 0.05) is 11.5 Å². The number of carbonyl (C=O) groups excluding carboxylic acids is 1. The van der Waals surface area contributed by atoms with Crippen LogP contribution in [0.25, 0.3) is 16.7 Å². The van der Waals surface area contributed by atoms with Crippen LogP contribution in [0.2, 0.25) is 0 Å². The number of ether oxygens (including phenoxy) is 2. The number of nitrogens with two attached hydrogens (primary N) is 1. The highest BCUT2D eigenvalue weighted by molar-refractivity contribution is 5.85. The van der Waals surface area contributed by atoms with E-state index in [1.165, 1.54) is 0 Å². The lowest BCUT2D eigenvalue weighted by Gasteiger charge is -2.10. The third kappa shape index (κ3) is 3.15. The van der Waals surface area contributed by atoms with Gasteiger partial charge < -0.3 is 15.2 Å². The largest absolute Gasteiger partial charge is 0.480 e. The quantitative estimate of drug-likeness (QED) is 0.723. The second-order valence-electron chi connectivity index (χ2n) is 5.21. The first-order valence-electron chi connectivity index (χ1n) is 7.59. The molecule has 2 aromatic heterocycles. The lowest BCUT2D eigenvalue weighted by atomic mass is 10.2. The molecule has 3 rings (SSSR count). The number of para-hydroxylation sites is 1. The van der Waals surface area contributed by atoms with Crippen LogP contribution in [0.3, 0.4) is 0 Å². The van der Waals surface area contributed by atoms with Gasteiger partial charge in [-0.1, -0.05) is 12.1 Å². The lowest BCUT2D eigenvalue weighted by molar-refractivity contribution is -0.145. The van der Waals surface area contributed by atoms with Crippen molar-refractivity contribution < 1.29 is 14.3 Å². The Bertz CT molecular complexity index is 889. The van der Waals surface area contributed by atoms with E-state index in [1.807, 2.05) is 31.2 Å². The second-order valence-corrected chi connectivity index (χ2v) is 5.21. The van der Waals surface area contributed by atoms with Gasteiger partial charge in [-0.15, -0.1) is 0 Å². The molecule has 0 atom stereocenters. The van der Waals surface area contributed by atoms with Crippen molar-refractivity contribution in [1.29, 1.82) is 0 Å².